The number of nitrogens with zero attached hydrogens (tertiary/aromatic N) is 2. The minimum absolute atomic E-state index is 0.214. The smallest absolute Gasteiger partial charge is 0.0465 e. The molecule has 0 fully saturated rings. The van der Waals surface area contributed by atoms with E-state index in [1.165, 1.54) is 22.3 Å². The Labute approximate surface area is 331 Å². The first kappa shape index (κ1) is 41.4. The number of allylic oxidation sites excluding steroid dienone is 18. The van der Waals surface area contributed by atoms with Gasteiger partial charge in [-0.3, -0.25) is 0 Å². The van der Waals surface area contributed by atoms with Gasteiger partial charge in [-0.05, 0) is 128 Å². The lowest BCUT2D eigenvalue weighted by Crippen LogP contribution is -2.21. The van der Waals surface area contributed by atoms with Gasteiger partial charge in [-0.2, -0.15) is 0 Å². The van der Waals surface area contributed by atoms with E-state index in [0.717, 1.165) is 45.3 Å². The van der Waals surface area contributed by atoms with Crippen LogP contribution in [0.25, 0.3) is 23.3 Å². The molecule has 278 valence electrons. The zero-order valence-electron chi connectivity index (χ0n) is 33.5. The van der Waals surface area contributed by atoms with Crippen molar-refractivity contribution < 1.29 is 0 Å². The van der Waals surface area contributed by atoms with Crippen molar-refractivity contribution in [2.75, 3.05) is 9.80 Å². The molecule has 3 aromatic carbocycles. The van der Waals surface area contributed by atoms with Gasteiger partial charge in [0, 0.05) is 39.6 Å². The summed E-state index contributed by atoms with van der Waals surface area (Å²) >= 11 is 0. The minimum atomic E-state index is -0.214. The lowest BCUT2D eigenvalue weighted by Gasteiger charge is -2.29. The van der Waals surface area contributed by atoms with Gasteiger partial charge in [0.2, 0.25) is 0 Å². The van der Waals surface area contributed by atoms with Crippen molar-refractivity contribution in [3.63, 3.8) is 0 Å². The summed E-state index contributed by atoms with van der Waals surface area (Å²) in [6, 6.07) is 22.3. The summed E-state index contributed by atoms with van der Waals surface area (Å²) in [7, 11) is 0. The number of fused-ring (bicyclic) bond motifs is 3. The van der Waals surface area contributed by atoms with Crippen LogP contribution in [0, 0.1) is 0 Å². The quantitative estimate of drug-likeness (QED) is 0.101. The number of rotatable bonds is 17. The molecule has 3 aromatic rings. The molecule has 0 amide bonds. The van der Waals surface area contributed by atoms with Gasteiger partial charge in [-0.1, -0.05) is 156 Å². The standard InChI is InChI=1S/C53H56N2/c1-11-19-21-22-28-46(26-16-6)55(44(18-8)27-20-12-2)48-36-38-50-49-37-33-42(39-51(49)53(9,10)52(50)40-48)30-29-41-31-34-47(35-32-41)54(43(17-7)23-13-3)45(24-14-4)25-15-5/h11-40H,1,4,6,8H2,2-3,5,7,9-10H3/b20-12-,21-19+,23-13-,25-15-,28-22-,30-29+,43-17+,44-27+,45-24+,46-26+. The average Bonchev–Trinajstić information content (AvgIpc) is 3.42. The fraction of sp³-hybridized carbons (Fsp3) is 0.132. The van der Waals surface area contributed by atoms with E-state index in [9.17, 15) is 0 Å². The van der Waals surface area contributed by atoms with Crippen LogP contribution in [0.3, 0.4) is 0 Å². The summed E-state index contributed by atoms with van der Waals surface area (Å²) < 4.78 is 0. The first-order valence-corrected chi connectivity index (χ1v) is 18.9. The lowest BCUT2D eigenvalue weighted by molar-refractivity contribution is 0.660. The summed E-state index contributed by atoms with van der Waals surface area (Å²) in [5.41, 5.74) is 13.4. The summed E-state index contributed by atoms with van der Waals surface area (Å²) in [6.07, 6.45) is 40.3. The van der Waals surface area contributed by atoms with Crippen molar-refractivity contribution in [2.45, 2.75) is 47.0 Å². The summed E-state index contributed by atoms with van der Waals surface area (Å²) in [5, 5.41) is 0. The second-order valence-corrected chi connectivity index (χ2v) is 13.4. The predicted molar refractivity (Wildman–Crippen MR) is 246 cm³/mol. The molecule has 0 radical (unpaired) electrons. The number of benzene rings is 3. The largest absolute Gasteiger partial charge is 0.311 e. The van der Waals surface area contributed by atoms with Crippen LogP contribution in [-0.2, 0) is 5.41 Å². The van der Waals surface area contributed by atoms with E-state index in [1.54, 1.807) is 6.08 Å². The first-order valence-electron chi connectivity index (χ1n) is 18.9. The Bertz CT molecular complexity index is 2180. The maximum Gasteiger partial charge on any atom is 0.0465 e. The van der Waals surface area contributed by atoms with Crippen molar-refractivity contribution in [3.8, 4) is 11.1 Å². The van der Waals surface area contributed by atoms with E-state index in [0.29, 0.717) is 0 Å². The van der Waals surface area contributed by atoms with Crippen LogP contribution in [0.2, 0.25) is 0 Å². The van der Waals surface area contributed by atoms with Crippen LogP contribution in [0.15, 0.2) is 219 Å². The molecular formula is C53H56N2. The molecule has 0 heterocycles. The van der Waals surface area contributed by atoms with Crippen LogP contribution < -0.4 is 9.80 Å². The van der Waals surface area contributed by atoms with Gasteiger partial charge in [0.1, 0.15) is 0 Å². The number of hydrogen-bond donors (Lipinski definition) is 0. The summed E-state index contributed by atoms with van der Waals surface area (Å²) in [6.45, 7) is 28.7. The Morgan fingerprint density at radius 1 is 0.509 bits per heavy atom. The molecule has 0 spiro atoms. The van der Waals surface area contributed by atoms with Crippen molar-refractivity contribution >= 4 is 23.5 Å². The van der Waals surface area contributed by atoms with Gasteiger partial charge in [-0.15, -0.1) is 0 Å². The molecule has 0 bridgehead atoms. The van der Waals surface area contributed by atoms with Crippen LogP contribution >= 0.6 is 0 Å². The topological polar surface area (TPSA) is 6.48 Å². The van der Waals surface area contributed by atoms with E-state index in [2.05, 4.69) is 172 Å². The minimum Gasteiger partial charge on any atom is -0.311 e. The molecule has 0 aromatic heterocycles. The van der Waals surface area contributed by atoms with E-state index < -0.39 is 0 Å². The normalized spacial score (nSPS) is 14.8. The Morgan fingerprint density at radius 3 is 1.67 bits per heavy atom. The summed E-state index contributed by atoms with van der Waals surface area (Å²) in [5.74, 6) is 0. The highest BCUT2D eigenvalue weighted by Crippen LogP contribution is 2.50. The molecule has 0 saturated heterocycles. The molecule has 0 N–H and O–H groups in total. The van der Waals surface area contributed by atoms with E-state index >= 15 is 0 Å². The fourth-order valence-electron chi connectivity index (χ4n) is 6.82. The highest BCUT2D eigenvalue weighted by atomic mass is 15.2. The van der Waals surface area contributed by atoms with Crippen LogP contribution in [0.4, 0.5) is 11.4 Å². The Morgan fingerprint density at radius 2 is 1.07 bits per heavy atom. The average molecular weight is 721 g/mol. The molecule has 55 heavy (non-hydrogen) atoms. The molecule has 0 atom stereocenters. The fourth-order valence-corrected chi connectivity index (χ4v) is 6.82. The molecule has 1 aliphatic rings. The number of hydrogen-bond acceptors (Lipinski definition) is 2. The van der Waals surface area contributed by atoms with Crippen LogP contribution in [0.5, 0.6) is 0 Å². The van der Waals surface area contributed by atoms with Crippen molar-refractivity contribution in [1.82, 2.24) is 0 Å². The zero-order chi connectivity index (χ0) is 39.8. The second kappa shape index (κ2) is 20.2. The summed E-state index contributed by atoms with van der Waals surface area (Å²) in [4.78, 5) is 4.47. The van der Waals surface area contributed by atoms with Gasteiger partial charge in [0.25, 0.3) is 0 Å². The van der Waals surface area contributed by atoms with Gasteiger partial charge in [0.05, 0.1) is 0 Å². The van der Waals surface area contributed by atoms with Crippen LogP contribution in [-0.4, -0.2) is 0 Å². The molecule has 2 heteroatoms. The lowest BCUT2D eigenvalue weighted by atomic mass is 9.81. The SMILES string of the molecule is C=C/C=C/C=C\C(=C/C=C)N(/C(C=C)=C/C=C\C)c1ccc2c(c1)C(C)(C)c1cc(/C=C/c3ccc(N(C(/C=C\C)=C/C)C(/C=C\C)=C/C=C)cc3)ccc1-2. The monoisotopic (exact) mass is 720 g/mol. The Hall–Kier alpha value is -6.38. The van der Waals surface area contributed by atoms with Crippen molar-refractivity contribution in [3.05, 3.63) is 241 Å². The van der Waals surface area contributed by atoms with E-state index in [4.69, 9.17) is 0 Å². The third-order valence-electron chi connectivity index (χ3n) is 9.44. The molecule has 0 saturated carbocycles. The van der Waals surface area contributed by atoms with Crippen LogP contribution in [0.1, 0.15) is 63.8 Å². The molecular weight excluding hydrogens is 665 g/mol. The Kier molecular flexibility index (Phi) is 15.2. The molecule has 1 aliphatic carbocycles. The molecule has 4 rings (SSSR count). The van der Waals surface area contributed by atoms with E-state index in [-0.39, 0.29) is 5.41 Å². The Balaban J connectivity index is 1.71. The number of anilines is 2. The van der Waals surface area contributed by atoms with Crippen molar-refractivity contribution in [2.24, 2.45) is 0 Å². The molecule has 0 aliphatic heterocycles. The zero-order valence-corrected chi connectivity index (χ0v) is 33.5. The first-order chi connectivity index (χ1) is 26.7. The predicted octanol–water partition coefficient (Wildman–Crippen LogP) is 14.9. The van der Waals surface area contributed by atoms with E-state index in [1.807, 2.05) is 81.5 Å². The highest BCUT2D eigenvalue weighted by molar-refractivity contribution is 5.85. The molecule has 2 nitrogen and oxygen atoms in total. The van der Waals surface area contributed by atoms with Gasteiger partial charge in [-0.25, -0.2) is 0 Å². The third-order valence-corrected chi connectivity index (χ3v) is 9.44. The van der Waals surface area contributed by atoms with Gasteiger partial charge >= 0.3 is 0 Å². The highest BCUT2D eigenvalue weighted by Gasteiger charge is 2.36. The maximum atomic E-state index is 4.18. The third kappa shape index (κ3) is 9.79. The van der Waals surface area contributed by atoms with Gasteiger partial charge in [0.15, 0.2) is 0 Å². The van der Waals surface area contributed by atoms with Gasteiger partial charge < -0.3 is 9.80 Å². The second-order valence-electron chi connectivity index (χ2n) is 13.4. The maximum absolute atomic E-state index is 4.18. The molecule has 0 unspecified atom stereocenters. The van der Waals surface area contributed by atoms with Crippen molar-refractivity contribution in [1.29, 1.82) is 0 Å².